The predicted molar refractivity (Wildman–Crippen MR) is 59.2 cm³/mol. The smallest absolute Gasteiger partial charge is 0.176 e. The number of hydrogen-bond acceptors (Lipinski definition) is 1. The van der Waals surface area contributed by atoms with E-state index in [-0.39, 0.29) is 10.6 Å². The van der Waals surface area contributed by atoms with Crippen LogP contribution < -0.4 is 0 Å². The van der Waals surface area contributed by atoms with Gasteiger partial charge in [-0.25, -0.2) is 0 Å². The molecule has 13 heavy (non-hydrogen) atoms. The van der Waals surface area contributed by atoms with Gasteiger partial charge in [0.15, 0.2) is 5.78 Å². The van der Waals surface area contributed by atoms with Gasteiger partial charge in [-0.15, -0.1) is 0 Å². The van der Waals surface area contributed by atoms with Gasteiger partial charge in [0, 0.05) is 15.6 Å². The van der Waals surface area contributed by atoms with Crippen molar-refractivity contribution in [1.29, 1.82) is 0 Å². The van der Waals surface area contributed by atoms with E-state index in [0.29, 0.717) is 15.6 Å². The van der Waals surface area contributed by atoms with Crippen LogP contribution >= 0.6 is 39.1 Å². The highest BCUT2D eigenvalue weighted by Gasteiger charge is 2.12. The standard InChI is InChI=1S/C9H7BrCl2O/c1-5(10)9(13)6-2-7(11)4-8(12)3-6/h2-5H,1H3. The topological polar surface area (TPSA) is 17.1 Å². The van der Waals surface area contributed by atoms with Crippen LogP contribution in [-0.4, -0.2) is 10.6 Å². The van der Waals surface area contributed by atoms with Crippen molar-refractivity contribution in [3.63, 3.8) is 0 Å². The number of alkyl halides is 1. The lowest BCUT2D eigenvalue weighted by Gasteiger charge is -2.03. The maximum Gasteiger partial charge on any atom is 0.176 e. The van der Waals surface area contributed by atoms with Gasteiger partial charge >= 0.3 is 0 Å². The maximum absolute atomic E-state index is 11.5. The van der Waals surface area contributed by atoms with E-state index in [4.69, 9.17) is 23.2 Å². The minimum Gasteiger partial charge on any atom is -0.293 e. The second-order valence-corrected chi connectivity index (χ2v) is 4.88. The van der Waals surface area contributed by atoms with Crippen molar-refractivity contribution >= 4 is 44.9 Å². The minimum atomic E-state index is -0.220. The van der Waals surface area contributed by atoms with Gasteiger partial charge in [-0.2, -0.15) is 0 Å². The number of ketones is 1. The predicted octanol–water partition coefficient (Wildman–Crippen LogP) is 3.96. The molecule has 1 rings (SSSR count). The Balaban J connectivity index is 3.08. The lowest BCUT2D eigenvalue weighted by molar-refractivity contribution is 0.0996. The zero-order valence-corrected chi connectivity index (χ0v) is 9.95. The molecule has 0 heterocycles. The number of carbonyl (C=O) groups excluding carboxylic acids is 1. The van der Waals surface area contributed by atoms with E-state index >= 15 is 0 Å². The monoisotopic (exact) mass is 280 g/mol. The molecule has 0 aliphatic carbocycles. The zero-order chi connectivity index (χ0) is 10.0. The molecule has 70 valence electrons. The molecule has 0 radical (unpaired) electrons. The molecule has 0 bridgehead atoms. The third-order valence-electron chi connectivity index (χ3n) is 1.51. The van der Waals surface area contributed by atoms with Crippen molar-refractivity contribution in [3.05, 3.63) is 33.8 Å². The van der Waals surface area contributed by atoms with Crippen molar-refractivity contribution in [1.82, 2.24) is 0 Å². The fourth-order valence-corrected chi connectivity index (χ4v) is 1.72. The quantitative estimate of drug-likeness (QED) is 0.592. The second-order valence-electron chi connectivity index (χ2n) is 2.64. The molecule has 0 spiro atoms. The van der Waals surface area contributed by atoms with Gasteiger partial charge in [0.05, 0.1) is 4.83 Å². The molecule has 4 heteroatoms. The Labute approximate surface area is 95.2 Å². The molecule has 0 aliphatic heterocycles. The van der Waals surface area contributed by atoms with Gasteiger partial charge in [-0.3, -0.25) is 4.79 Å². The summed E-state index contributed by atoms with van der Waals surface area (Å²) in [7, 11) is 0. The largest absolute Gasteiger partial charge is 0.293 e. The molecule has 0 N–H and O–H groups in total. The Kier molecular flexibility index (Phi) is 3.77. The maximum atomic E-state index is 11.5. The summed E-state index contributed by atoms with van der Waals surface area (Å²) in [4.78, 5) is 11.3. The fourth-order valence-electron chi connectivity index (χ4n) is 0.926. The molecular formula is C9H7BrCl2O. The first-order valence-electron chi connectivity index (χ1n) is 3.65. The number of rotatable bonds is 2. The molecule has 1 aromatic rings. The van der Waals surface area contributed by atoms with E-state index in [0.717, 1.165) is 0 Å². The number of carbonyl (C=O) groups is 1. The summed E-state index contributed by atoms with van der Waals surface area (Å²) in [5.74, 6) is -0.0237. The van der Waals surface area contributed by atoms with E-state index in [9.17, 15) is 4.79 Å². The number of benzene rings is 1. The molecule has 1 unspecified atom stereocenters. The van der Waals surface area contributed by atoms with Crippen LogP contribution in [0.4, 0.5) is 0 Å². The van der Waals surface area contributed by atoms with Crippen molar-refractivity contribution in [2.75, 3.05) is 0 Å². The summed E-state index contributed by atoms with van der Waals surface area (Å²) in [6.07, 6.45) is 0. The average Bonchev–Trinajstić information content (AvgIpc) is 2.01. The normalized spacial score (nSPS) is 12.6. The number of halogens is 3. The lowest BCUT2D eigenvalue weighted by Crippen LogP contribution is -2.09. The molecular weight excluding hydrogens is 275 g/mol. The van der Waals surface area contributed by atoms with Crippen molar-refractivity contribution in [2.45, 2.75) is 11.8 Å². The van der Waals surface area contributed by atoms with E-state index in [1.165, 1.54) is 0 Å². The average molecular weight is 282 g/mol. The zero-order valence-electron chi connectivity index (χ0n) is 6.85. The van der Waals surface area contributed by atoms with Crippen LogP contribution in [0.15, 0.2) is 18.2 Å². The summed E-state index contributed by atoms with van der Waals surface area (Å²) in [6, 6.07) is 4.81. The highest BCUT2D eigenvalue weighted by molar-refractivity contribution is 9.10. The van der Waals surface area contributed by atoms with Gasteiger partial charge in [0.25, 0.3) is 0 Å². The van der Waals surface area contributed by atoms with Crippen LogP contribution in [-0.2, 0) is 0 Å². The highest BCUT2D eigenvalue weighted by atomic mass is 79.9. The van der Waals surface area contributed by atoms with Gasteiger partial charge in [-0.05, 0) is 25.1 Å². The SMILES string of the molecule is CC(Br)C(=O)c1cc(Cl)cc(Cl)c1. The van der Waals surface area contributed by atoms with Crippen LogP contribution in [0.2, 0.25) is 10.0 Å². The van der Waals surface area contributed by atoms with Gasteiger partial charge in [0.2, 0.25) is 0 Å². The van der Waals surface area contributed by atoms with Crippen molar-refractivity contribution in [2.24, 2.45) is 0 Å². The van der Waals surface area contributed by atoms with Gasteiger partial charge in [0.1, 0.15) is 0 Å². The van der Waals surface area contributed by atoms with Gasteiger partial charge < -0.3 is 0 Å². The first-order chi connectivity index (χ1) is 6.00. The summed E-state index contributed by atoms with van der Waals surface area (Å²) in [6.45, 7) is 1.76. The molecule has 1 aromatic carbocycles. The molecule has 0 saturated heterocycles. The van der Waals surface area contributed by atoms with Crippen molar-refractivity contribution in [3.8, 4) is 0 Å². The number of Topliss-reactive ketones (excluding diaryl/α,β-unsaturated/α-hetero) is 1. The summed E-state index contributed by atoms with van der Waals surface area (Å²) in [5.41, 5.74) is 0.530. The Hall–Kier alpha value is -0.0500. The minimum absolute atomic E-state index is 0.0237. The molecule has 0 aromatic heterocycles. The van der Waals surface area contributed by atoms with Crippen molar-refractivity contribution < 1.29 is 4.79 Å². The highest BCUT2D eigenvalue weighted by Crippen LogP contribution is 2.21. The Morgan fingerprint density at radius 2 is 1.77 bits per heavy atom. The summed E-state index contributed by atoms with van der Waals surface area (Å²) >= 11 is 14.7. The fraction of sp³-hybridized carbons (Fsp3) is 0.222. The van der Waals surface area contributed by atoms with Gasteiger partial charge in [-0.1, -0.05) is 39.1 Å². The third kappa shape index (κ3) is 2.97. The molecule has 1 nitrogen and oxygen atoms in total. The number of hydrogen-bond donors (Lipinski definition) is 0. The van der Waals surface area contributed by atoms with E-state index in [2.05, 4.69) is 15.9 Å². The molecule has 1 atom stereocenters. The summed E-state index contributed by atoms with van der Waals surface area (Å²) < 4.78 is 0. The van der Waals surface area contributed by atoms with Crippen LogP contribution in [0.3, 0.4) is 0 Å². The van der Waals surface area contributed by atoms with E-state index < -0.39 is 0 Å². The lowest BCUT2D eigenvalue weighted by atomic mass is 10.1. The Morgan fingerprint density at radius 3 is 2.15 bits per heavy atom. The molecule has 0 fully saturated rings. The van der Waals surface area contributed by atoms with Crippen LogP contribution in [0.1, 0.15) is 17.3 Å². The first-order valence-corrected chi connectivity index (χ1v) is 5.32. The van der Waals surface area contributed by atoms with E-state index in [1.54, 1.807) is 25.1 Å². The summed E-state index contributed by atoms with van der Waals surface area (Å²) in [5, 5.41) is 0.952. The Morgan fingerprint density at radius 1 is 1.31 bits per heavy atom. The Bertz CT molecular complexity index is 316. The second kappa shape index (κ2) is 4.45. The van der Waals surface area contributed by atoms with E-state index in [1.807, 2.05) is 0 Å². The molecule has 0 aliphatic rings. The van der Waals surface area contributed by atoms with Crippen LogP contribution in [0, 0.1) is 0 Å². The molecule has 0 amide bonds. The third-order valence-corrected chi connectivity index (χ3v) is 2.36. The first kappa shape index (κ1) is 11.0. The van der Waals surface area contributed by atoms with Crippen LogP contribution in [0.5, 0.6) is 0 Å². The molecule has 0 saturated carbocycles. The van der Waals surface area contributed by atoms with Crippen LogP contribution in [0.25, 0.3) is 0 Å².